The van der Waals surface area contributed by atoms with Gasteiger partial charge in [0.15, 0.2) is 11.5 Å². The SMILES string of the molecule is CC(=O)N1CCC2CCC(CN(C(=O)Cc3ccc4c(c3)OCO4)Cc3ccccc31)N2Cc1cccnc1. The number of fused-ring (bicyclic) bond motifs is 4. The van der Waals surface area contributed by atoms with Crippen molar-refractivity contribution in [2.75, 3.05) is 24.8 Å². The number of benzene rings is 2. The van der Waals surface area contributed by atoms with Crippen molar-refractivity contribution < 1.29 is 19.1 Å². The third-order valence-electron chi connectivity index (χ3n) is 8.14. The first-order valence-electron chi connectivity index (χ1n) is 13.7. The van der Waals surface area contributed by atoms with E-state index in [1.54, 1.807) is 13.1 Å². The molecule has 0 spiro atoms. The summed E-state index contributed by atoms with van der Waals surface area (Å²) in [5.74, 6) is 1.47. The molecule has 39 heavy (non-hydrogen) atoms. The highest BCUT2D eigenvalue weighted by atomic mass is 16.7. The maximum atomic E-state index is 13.9. The number of ether oxygens (including phenoxy) is 2. The van der Waals surface area contributed by atoms with Crippen LogP contribution in [0.1, 0.15) is 42.9 Å². The Morgan fingerprint density at radius 1 is 0.949 bits per heavy atom. The third-order valence-corrected chi connectivity index (χ3v) is 8.14. The molecule has 2 aromatic carbocycles. The molecule has 3 aromatic rings. The highest BCUT2D eigenvalue weighted by molar-refractivity contribution is 5.92. The van der Waals surface area contributed by atoms with Gasteiger partial charge in [-0.3, -0.25) is 19.5 Å². The Labute approximate surface area is 229 Å². The van der Waals surface area contributed by atoms with E-state index < -0.39 is 0 Å². The zero-order valence-corrected chi connectivity index (χ0v) is 22.3. The lowest BCUT2D eigenvalue weighted by atomic mass is 10.1. The Balaban J connectivity index is 1.33. The van der Waals surface area contributed by atoms with Gasteiger partial charge in [-0.25, -0.2) is 0 Å². The quantitative estimate of drug-likeness (QED) is 0.508. The van der Waals surface area contributed by atoms with Crippen LogP contribution in [0.25, 0.3) is 0 Å². The second-order valence-corrected chi connectivity index (χ2v) is 10.6. The van der Waals surface area contributed by atoms with Gasteiger partial charge in [0.1, 0.15) is 0 Å². The van der Waals surface area contributed by atoms with Gasteiger partial charge in [-0.2, -0.15) is 0 Å². The van der Waals surface area contributed by atoms with E-state index in [0.29, 0.717) is 37.2 Å². The Kier molecular flexibility index (Phi) is 7.20. The maximum absolute atomic E-state index is 13.9. The maximum Gasteiger partial charge on any atom is 0.231 e. The van der Waals surface area contributed by atoms with Crippen LogP contribution in [0.15, 0.2) is 67.0 Å². The molecule has 3 aliphatic heterocycles. The standard InChI is InChI=1S/C31H34N4O4/c1-22(36)34-14-12-26-9-10-27(35(26)18-24-5-4-13-32-17-24)20-33(19-25-6-2-3-7-28(25)34)31(37)16-23-8-11-29-30(15-23)39-21-38-29/h2-8,11,13,15,17,26-27H,9-10,12,14,16,18-21H2,1H3. The van der Waals surface area contributed by atoms with Crippen LogP contribution in [0.4, 0.5) is 5.69 Å². The van der Waals surface area contributed by atoms with Gasteiger partial charge in [-0.05, 0) is 60.2 Å². The van der Waals surface area contributed by atoms with Gasteiger partial charge in [0.05, 0.1) is 6.42 Å². The summed E-state index contributed by atoms with van der Waals surface area (Å²) >= 11 is 0. The van der Waals surface area contributed by atoms with Gasteiger partial charge in [-0.15, -0.1) is 0 Å². The van der Waals surface area contributed by atoms with Crippen LogP contribution in [0.3, 0.4) is 0 Å². The summed E-state index contributed by atoms with van der Waals surface area (Å²) in [5, 5.41) is 0. The smallest absolute Gasteiger partial charge is 0.231 e. The molecule has 1 fully saturated rings. The van der Waals surface area contributed by atoms with Crippen LogP contribution < -0.4 is 14.4 Å². The van der Waals surface area contributed by atoms with Crippen molar-refractivity contribution in [1.82, 2.24) is 14.8 Å². The Morgan fingerprint density at radius 2 is 1.79 bits per heavy atom. The molecule has 4 heterocycles. The number of hydrogen-bond acceptors (Lipinski definition) is 6. The summed E-state index contributed by atoms with van der Waals surface area (Å²) in [6.07, 6.45) is 6.93. The highest BCUT2D eigenvalue weighted by Crippen LogP contribution is 2.34. The lowest BCUT2D eigenvalue weighted by Gasteiger charge is -2.34. The van der Waals surface area contributed by atoms with Crippen LogP contribution in [0.2, 0.25) is 0 Å². The largest absolute Gasteiger partial charge is 0.454 e. The first-order chi connectivity index (χ1) is 19.0. The Morgan fingerprint density at radius 3 is 2.64 bits per heavy atom. The molecule has 1 aromatic heterocycles. The van der Waals surface area contributed by atoms with Gasteiger partial charge in [0.2, 0.25) is 18.6 Å². The zero-order valence-electron chi connectivity index (χ0n) is 22.3. The highest BCUT2D eigenvalue weighted by Gasteiger charge is 2.36. The molecule has 202 valence electrons. The zero-order chi connectivity index (χ0) is 26.8. The summed E-state index contributed by atoms with van der Waals surface area (Å²) < 4.78 is 11.0. The molecule has 0 radical (unpaired) electrons. The molecule has 0 N–H and O–H groups in total. The molecule has 6 rings (SSSR count). The van der Waals surface area contributed by atoms with Gasteiger partial charge in [0, 0.05) is 63.3 Å². The van der Waals surface area contributed by atoms with Crippen LogP contribution in [-0.4, -0.2) is 58.6 Å². The molecule has 8 heteroatoms. The molecule has 1 saturated heterocycles. The summed E-state index contributed by atoms with van der Waals surface area (Å²) in [6.45, 7) is 4.35. The van der Waals surface area contributed by atoms with Crippen LogP contribution in [-0.2, 0) is 29.1 Å². The van der Waals surface area contributed by atoms with Crippen LogP contribution in [0, 0.1) is 0 Å². The van der Waals surface area contributed by atoms with E-state index in [4.69, 9.17) is 9.47 Å². The number of carbonyl (C=O) groups excluding carboxylic acids is 2. The van der Waals surface area contributed by atoms with Crippen molar-refractivity contribution >= 4 is 17.5 Å². The minimum Gasteiger partial charge on any atom is -0.454 e. The van der Waals surface area contributed by atoms with E-state index in [1.807, 2.05) is 64.5 Å². The Bertz CT molecular complexity index is 1350. The second kappa shape index (κ2) is 11.1. The molecule has 0 aliphatic carbocycles. The normalized spacial score (nSPS) is 20.8. The van der Waals surface area contributed by atoms with Crippen molar-refractivity contribution in [3.8, 4) is 11.5 Å². The number of aromatic nitrogens is 1. The first kappa shape index (κ1) is 25.4. The average molecular weight is 527 g/mol. The van der Waals surface area contributed by atoms with Gasteiger partial charge < -0.3 is 19.3 Å². The molecule has 0 saturated carbocycles. The van der Waals surface area contributed by atoms with Crippen molar-refractivity contribution in [1.29, 1.82) is 0 Å². The molecule has 8 nitrogen and oxygen atoms in total. The molecule has 2 bridgehead atoms. The predicted molar refractivity (Wildman–Crippen MR) is 147 cm³/mol. The van der Waals surface area contributed by atoms with E-state index in [-0.39, 0.29) is 31.1 Å². The number of rotatable bonds is 4. The van der Waals surface area contributed by atoms with E-state index in [2.05, 4.69) is 16.0 Å². The fraction of sp³-hybridized carbons (Fsp3) is 0.387. The number of amides is 2. The van der Waals surface area contributed by atoms with Crippen molar-refractivity contribution in [3.63, 3.8) is 0 Å². The lowest BCUT2D eigenvalue weighted by Crippen LogP contribution is -2.45. The number of hydrogen-bond donors (Lipinski definition) is 0. The molecule has 3 aliphatic rings. The van der Waals surface area contributed by atoms with Gasteiger partial charge in [0.25, 0.3) is 0 Å². The van der Waals surface area contributed by atoms with Crippen LogP contribution >= 0.6 is 0 Å². The second-order valence-electron chi connectivity index (χ2n) is 10.6. The summed E-state index contributed by atoms with van der Waals surface area (Å²) in [5.41, 5.74) is 3.94. The summed E-state index contributed by atoms with van der Waals surface area (Å²) in [6, 6.07) is 18.3. The topological polar surface area (TPSA) is 75.2 Å². The lowest BCUT2D eigenvalue weighted by molar-refractivity contribution is -0.132. The van der Waals surface area contributed by atoms with Crippen molar-refractivity contribution in [2.24, 2.45) is 0 Å². The fourth-order valence-corrected chi connectivity index (χ4v) is 6.17. The molecule has 2 atom stereocenters. The van der Waals surface area contributed by atoms with Gasteiger partial charge >= 0.3 is 0 Å². The number of anilines is 1. The molecule has 2 unspecified atom stereocenters. The monoisotopic (exact) mass is 526 g/mol. The van der Waals surface area contributed by atoms with Gasteiger partial charge in [-0.1, -0.05) is 30.3 Å². The third kappa shape index (κ3) is 5.47. The average Bonchev–Trinajstić information content (AvgIpc) is 3.55. The minimum absolute atomic E-state index is 0.0216. The van der Waals surface area contributed by atoms with E-state index in [9.17, 15) is 9.59 Å². The molecule has 2 amide bonds. The summed E-state index contributed by atoms with van der Waals surface area (Å²) in [4.78, 5) is 37.5. The number of nitrogens with zero attached hydrogens (tertiary/aromatic N) is 4. The van der Waals surface area contributed by atoms with E-state index in [0.717, 1.165) is 48.2 Å². The first-order valence-corrected chi connectivity index (χ1v) is 13.7. The minimum atomic E-state index is 0.0216. The van der Waals surface area contributed by atoms with E-state index in [1.165, 1.54) is 0 Å². The Hall–Kier alpha value is -3.91. The van der Waals surface area contributed by atoms with Crippen molar-refractivity contribution in [2.45, 2.75) is 57.8 Å². The number of para-hydroxylation sites is 1. The number of carbonyl (C=O) groups is 2. The van der Waals surface area contributed by atoms with Crippen LogP contribution in [0.5, 0.6) is 11.5 Å². The molecular weight excluding hydrogens is 492 g/mol. The summed E-state index contributed by atoms with van der Waals surface area (Å²) in [7, 11) is 0. The number of pyridine rings is 1. The predicted octanol–water partition coefficient (Wildman–Crippen LogP) is 4.17. The fourth-order valence-electron chi connectivity index (χ4n) is 6.17. The van der Waals surface area contributed by atoms with Crippen molar-refractivity contribution in [3.05, 3.63) is 83.7 Å². The molecular formula is C31H34N4O4. The van der Waals surface area contributed by atoms with E-state index >= 15 is 0 Å².